The second-order valence-electron chi connectivity index (χ2n) is 7.77. The molecule has 1 saturated carbocycles. The zero-order valence-corrected chi connectivity index (χ0v) is 19.1. The van der Waals surface area contributed by atoms with Crippen LogP contribution >= 0.6 is 15.9 Å². The Kier molecular flexibility index (Phi) is 7.68. The normalized spacial score (nSPS) is 14.5. The smallest absolute Gasteiger partial charge is 0.315 e. The highest BCUT2D eigenvalue weighted by Gasteiger charge is 2.42. The summed E-state index contributed by atoms with van der Waals surface area (Å²) in [6, 6.07) is 14.7. The molecule has 4 amide bonds. The summed E-state index contributed by atoms with van der Waals surface area (Å²) in [5.74, 6) is -0.650. The van der Waals surface area contributed by atoms with Crippen LogP contribution in [0.2, 0.25) is 0 Å². The SMILES string of the molecule is Cc1cc(Br)ccc1NC(=O)CNC(=O)C1(NC(=O)NCc2ccccc2)CCCC1. The van der Waals surface area contributed by atoms with Gasteiger partial charge in [-0.15, -0.1) is 0 Å². The van der Waals surface area contributed by atoms with Crippen LogP contribution in [0.1, 0.15) is 36.8 Å². The largest absolute Gasteiger partial charge is 0.345 e. The number of aryl methyl sites for hydroxylation is 1. The Hall–Kier alpha value is -2.87. The Labute approximate surface area is 190 Å². The number of carbonyl (C=O) groups is 3. The average molecular weight is 487 g/mol. The molecular weight excluding hydrogens is 460 g/mol. The number of hydrogen-bond acceptors (Lipinski definition) is 3. The minimum absolute atomic E-state index is 0.163. The van der Waals surface area contributed by atoms with Gasteiger partial charge in [-0.2, -0.15) is 0 Å². The molecule has 2 aromatic carbocycles. The zero-order valence-electron chi connectivity index (χ0n) is 17.5. The number of halogens is 1. The van der Waals surface area contributed by atoms with Crippen molar-refractivity contribution < 1.29 is 14.4 Å². The van der Waals surface area contributed by atoms with Crippen molar-refractivity contribution in [1.82, 2.24) is 16.0 Å². The van der Waals surface area contributed by atoms with Crippen molar-refractivity contribution in [3.63, 3.8) is 0 Å². The summed E-state index contributed by atoms with van der Waals surface area (Å²) >= 11 is 3.39. The van der Waals surface area contributed by atoms with E-state index in [1.807, 2.05) is 49.4 Å². The second kappa shape index (κ2) is 10.4. The van der Waals surface area contributed by atoms with Crippen molar-refractivity contribution in [2.24, 2.45) is 0 Å². The van der Waals surface area contributed by atoms with Gasteiger partial charge < -0.3 is 21.3 Å². The lowest BCUT2D eigenvalue weighted by molar-refractivity contribution is -0.129. The monoisotopic (exact) mass is 486 g/mol. The Morgan fingerprint density at radius 3 is 2.39 bits per heavy atom. The van der Waals surface area contributed by atoms with Crippen molar-refractivity contribution in [3.05, 3.63) is 64.1 Å². The van der Waals surface area contributed by atoms with Crippen LogP contribution in [-0.4, -0.2) is 29.9 Å². The number of nitrogens with one attached hydrogen (secondary N) is 4. The van der Waals surface area contributed by atoms with E-state index in [1.54, 1.807) is 6.07 Å². The van der Waals surface area contributed by atoms with Crippen LogP contribution in [0.25, 0.3) is 0 Å². The Balaban J connectivity index is 1.53. The fraction of sp³-hybridized carbons (Fsp3) is 0.348. The van der Waals surface area contributed by atoms with Gasteiger partial charge in [0.15, 0.2) is 0 Å². The van der Waals surface area contributed by atoms with Gasteiger partial charge in [-0.1, -0.05) is 59.1 Å². The first-order chi connectivity index (χ1) is 14.9. The molecule has 0 atom stereocenters. The molecule has 7 nitrogen and oxygen atoms in total. The van der Waals surface area contributed by atoms with Crippen LogP contribution in [-0.2, 0) is 16.1 Å². The third kappa shape index (κ3) is 6.30. The maximum absolute atomic E-state index is 12.9. The Bertz CT molecular complexity index is 943. The molecule has 3 rings (SSSR count). The van der Waals surface area contributed by atoms with E-state index in [-0.39, 0.29) is 18.4 Å². The minimum atomic E-state index is -0.991. The molecule has 0 radical (unpaired) electrons. The number of amides is 4. The fourth-order valence-corrected chi connectivity index (χ4v) is 4.19. The van der Waals surface area contributed by atoms with E-state index in [2.05, 4.69) is 37.2 Å². The van der Waals surface area contributed by atoms with Crippen molar-refractivity contribution in [2.45, 2.75) is 44.7 Å². The highest BCUT2D eigenvalue weighted by atomic mass is 79.9. The quantitative estimate of drug-likeness (QED) is 0.480. The lowest BCUT2D eigenvalue weighted by atomic mass is 9.96. The summed E-state index contributed by atoms with van der Waals surface area (Å²) in [5, 5.41) is 11.1. The average Bonchev–Trinajstić information content (AvgIpc) is 3.23. The van der Waals surface area contributed by atoms with Gasteiger partial charge in [-0.25, -0.2) is 4.79 Å². The topological polar surface area (TPSA) is 99.3 Å². The van der Waals surface area contributed by atoms with E-state index in [1.165, 1.54) is 0 Å². The van der Waals surface area contributed by atoms with Gasteiger partial charge in [0, 0.05) is 16.7 Å². The predicted octanol–water partition coefficient (Wildman–Crippen LogP) is 3.62. The molecule has 4 N–H and O–H groups in total. The maximum atomic E-state index is 12.9. The molecule has 2 aromatic rings. The Morgan fingerprint density at radius 1 is 1.00 bits per heavy atom. The minimum Gasteiger partial charge on any atom is -0.345 e. The molecule has 8 heteroatoms. The van der Waals surface area contributed by atoms with E-state index >= 15 is 0 Å². The van der Waals surface area contributed by atoms with Crippen LogP contribution in [0.5, 0.6) is 0 Å². The van der Waals surface area contributed by atoms with Gasteiger partial charge >= 0.3 is 6.03 Å². The first kappa shape index (κ1) is 22.8. The number of benzene rings is 2. The lowest BCUT2D eigenvalue weighted by Crippen LogP contribution is -2.59. The molecule has 0 saturated heterocycles. The van der Waals surface area contributed by atoms with E-state index in [0.717, 1.165) is 28.4 Å². The molecule has 0 aliphatic heterocycles. The van der Waals surface area contributed by atoms with Gasteiger partial charge in [-0.05, 0) is 49.1 Å². The second-order valence-corrected chi connectivity index (χ2v) is 8.69. The number of rotatable bonds is 7. The van der Waals surface area contributed by atoms with Gasteiger partial charge in [0.25, 0.3) is 0 Å². The van der Waals surface area contributed by atoms with Gasteiger partial charge in [0.05, 0.1) is 6.54 Å². The van der Waals surface area contributed by atoms with Crippen molar-refractivity contribution in [1.29, 1.82) is 0 Å². The van der Waals surface area contributed by atoms with E-state index in [0.29, 0.717) is 25.1 Å². The predicted molar refractivity (Wildman–Crippen MR) is 124 cm³/mol. The number of carbonyl (C=O) groups excluding carboxylic acids is 3. The third-order valence-electron chi connectivity index (χ3n) is 5.41. The van der Waals surface area contributed by atoms with E-state index < -0.39 is 11.6 Å². The van der Waals surface area contributed by atoms with Crippen LogP contribution in [0.4, 0.5) is 10.5 Å². The molecule has 0 aromatic heterocycles. The molecule has 1 aliphatic carbocycles. The van der Waals surface area contributed by atoms with Crippen molar-refractivity contribution in [3.8, 4) is 0 Å². The molecular formula is C23H27BrN4O3. The first-order valence-electron chi connectivity index (χ1n) is 10.3. The third-order valence-corrected chi connectivity index (χ3v) is 5.91. The highest BCUT2D eigenvalue weighted by Crippen LogP contribution is 2.30. The molecule has 31 heavy (non-hydrogen) atoms. The van der Waals surface area contributed by atoms with E-state index in [9.17, 15) is 14.4 Å². The molecule has 164 valence electrons. The fourth-order valence-electron chi connectivity index (χ4n) is 3.72. The lowest BCUT2D eigenvalue weighted by Gasteiger charge is -2.29. The van der Waals surface area contributed by atoms with Crippen LogP contribution in [0.3, 0.4) is 0 Å². The number of urea groups is 1. The summed E-state index contributed by atoms with van der Waals surface area (Å²) < 4.78 is 0.927. The maximum Gasteiger partial charge on any atom is 0.315 e. The number of hydrogen-bond donors (Lipinski definition) is 4. The summed E-state index contributed by atoms with van der Waals surface area (Å²) in [6.07, 6.45) is 2.78. The Morgan fingerprint density at radius 2 is 1.71 bits per heavy atom. The van der Waals surface area contributed by atoms with Crippen LogP contribution in [0.15, 0.2) is 53.0 Å². The standard InChI is InChI=1S/C23H27BrN4O3/c1-16-13-18(24)9-10-19(16)27-20(29)15-25-21(30)23(11-5-6-12-23)28-22(31)26-14-17-7-3-2-4-8-17/h2-4,7-10,13H,5-6,11-12,14-15H2,1H3,(H,25,30)(H,27,29)(H2,26,28,31). The van der Waals surface area contributed by atoms with Gasteiger partial charge in [0.1, 0.15) is 5.54 Å². The summed E-state index contributed by atoms with van der Waals surface area (Å²) in [7, 11) is 0. The summed E-state index contributed by atoms with van der Waals surface area (Å²) in [5.41, 5.74) is 1.59. The first-order valence-corrected chi connectivity index (χ1v) is 11.1. The van der Waals surface area contributed by atoms with Crippen LogP contribution in [0, 0.1) is 6.92 Å². The molecule has 1 aliphatic rings. The number of anilines is 1. The summed E-state index contributed by atoms with van der Waals surface area (Å²) in [6.45, 7) is 2.10. The van der Waals surface area contributed by atoms with Gasteiger partial charge in [0.2, 0.25) is 11.8 Å². The van der Waals surface area contributed by atoms with E-state index in [4.69, 9.17) is 0 Å². The molecule has 1 fully saturated rings. The molecule has 0 bridgehead atoms. The zero-order chi connectivity index (χ0) is 22.3. The van der Waals surface area contributed by atoms with Crippen molar-refractivity contribution in [2.75, 3.05) is 11.9 Å². The molecule has 0 spiro atoms. The summed E-state index contributed by atoms with van der Waals surface area (Å²) in [4.78, 5) is 37.7. The highest BCUT2D eigenvalue weighted by molar-refractivity contribution is 9.10. The van der Waals surface area contributed by atoms with Gasteiger partial charge in [-0.3, -0.25) is 9.59 Å². The van der Waals surface area contributed by atoms with Crippen molar-refractivity contribution >= 4 is 39.5 Å². The molecule has 0 unspecified atom stereocenters. The van der Waals surface area contributed by atoms with Crippen LogP contribution < -0.4 is 21.3 Å². The molecule has 0 heterocycles.